The second-order valence-corrected chi connectivity index (χ2v) is 8.34. The first-order chi connectivity index (χ1) is 11.3. The van der Waals surface area contributed by atoms with E-state index in [0.717, 1.165) is 34.0 Å². The molecule has 0 radical (unpaired) electrons. The number of ketones is 1. The van der Waals surface area contributed by atoms with Crippen molar-refractivity contribution in [1.82, 2.24) is 4.98 Å². The second-order valence-electron chi connectivity index (χ2n) is 7.48. The summed E-state index contributed by atoms with van der Waals surface area (Å²) in [5.41, 5.74) is 4.11. The smallest absolute Gasteiger partial charge is 0.162 e. The molecule has 0 bridgehead atoms. The summed E-state index contributed by atoms with van der Waals surface area (Å²) in [4.78, 5) is 18.6. The molecule has 1 aliphatic carbocycles. The van der Waals surface area contributed by atoms with Gasteiger partial charge in [-0.05, 0) is 31.3 Å². The van der Waals surface area contributed by atoms with E-state index in [-0.39, 0.29) is 11.2 Å². The van der Waals surface area contributed by atoms with Gasteiger partial charge in [0.1, 0.15) is 5.82 Å². The Labute approximate surface area is 147 Å². The standard InChI is InChI=1S/C20H24N2OS/c1-6-7-8-9-13(2)20(5)16-14(10-19(3,4)11-15(16)23)22-18-17(20)24-12-21-18/h6-9,12,22H,2,10-11H2,1,3-5H3/b7-6-,9-8-/t20-/m1/s1. The average Bonchev–Trinajstić information content (AvgIpc) is 2.94. The summed E-state index contributed by atoms with van der Waals surface area (Å²) in [6.45, 7) is 12.7. The lowest BCUT2D eigenvalue weighted by atomic mass is 9.64. The Morgan fingerprint density at radius 3 is 2.79 bits per heavy atom. The number of hydrogen-bond donors (Lipinski definition) is 1. The molecule has 0 saturated carbocycles. The summed E-state index contributed by atoms with van der Waals surface area (Å²) in [5.74, 6) is 1.09. The zero-order valence-electron chi connectivity index (χ0n) is 14.8. The highest BCUT2D eigenvalue weighted by atomic mass is 32.1. The Kier molecular flexibility index (Phi) is 4.12. The van der Waals surface area contributed by atoms with Crippen molar-refractivity contribution in [3.63, 3.8) is 0 Å². The van der Waals surface area contributed by atoms with Crippen molar-refractivity contribution in [2.24, 2.45) is 5.41 Å². The van der Waals surface area contributed by atoms with E-state index in [0.29, 0.717) is 6.42 Å². The van der Waals surface area contributed by atoms with E-state index in [2.05, 4.69) is 37.7 Å². The van der Waals surface area contributed by atoms with Crippen molar-refractivity contribution in [1.29, 1.82) is 0 Å². The third kappa shape index (κ3) is 2.59. The molecule has 0 aromatic carbocycles. The minimum atomic E-state index is -0.511. The minimum absolute atomic E-state index is 0.0283. The van der Waals surface area contributed by atoms with Gasteiger partial charge < -0.3 is 5.32 Å². The molecule has 0 unspecified atom stereocenters. The van der Waals surface area contributed by atoms with Gasteiger partial charge in [-0.2, -0.15) is 0 Å². The number of carbonyl (C=O) groups is 1. The fourth-order valence-electron chi connectivity index (χ4n) is 3.71. The van der Waals surface area contributed by atoms with Crippen LogP contribution in [0.1, 0.15) is 45.4 Å². The third-order valence-electron chi connectivity index (χ3n) is 4.91. The highest BCUT2D eigenvalue weighted by Crippen LogP contribution is 2.53. The van der Waals surface area contributed by atoms with E-state index >= 15 is 0 Å². The Morgan fingerprint density at radius 2 is 2.08 bits per heavy atom. The Hall–Kier alpha value is -1.94. The predicted molar refractivity (Wildman–Crippen MR) is 101 cm³/mol. The van der Waals surface area contributed by atoms with Crippen LogP contribution in [0.5, 0.6) is 0 Å². The molecule has 1 atom stereocenters. The van der Waals surface area contributed by atoms with Crippen molar-refractivity contribution >= 4 is 22.9 Å². The van der Waals surface area contributed by atoms with Crippen LogP contribution in [0.25, 0.3) is 0 Å². The number of aromatic nitrogens is 1. The molecule has 2 aliphatic rings. The van der Waals surface area contributed by atoms with Gasteiger partial charge >= 0.3 is 0 Å². The number of Topliss-reactive ketones (excluding diaryl/α,β-unsaturated/α-hetero) is 1. The summed E-state index contributed by atoms with van der Waals surface area (Å²) in [5, 5.41) is 3.42. The molecule has 1 aromatic rings. The summed E-state index contributed by atoms with van der Waals surface area (Å²) >= 11 is 1.58. The molecule has 0 fully saturated rings. The highest BCUT2D eigenvalue weighted by molar-refractivity contribution is 7.10. The molecule has 3 rings (SSSR count). The van der Waals surface area contributed by atoms with Crippen molar-refractivity contribution in [3.05, 3.63) is 58.1 Å². The zero-order valence-corrected chi connectivity index (χ0v) is 15.6. The van der Waals surface area contributed by atoms with E-state index in [4.69, 9.17) is 0 Å². The first-order valence-electron chi connectivity index (χ1n) is 8.26. The Bertz CT molecular complexity index is 794. The number of nitrogens with one attached hydrogen (secondary N) is 1. The molecule has 3 nitrogen and oxygen atoms in total. The lowest BCUT2D eigenvalue weighted by molar-refractivity contribution is -0.118. The number of carbonyl (C=O) groups excluding carboxylic acids is 1. The van der Waals surface area contributed by atoms with Gasteiger partial charge in [-0.1, -0.05) is 44.7 Å². The fraction of sp³-hybridized carbons (Fsp3) is 0.400. The molecule has 1 N–H and O–H groups in total. The Balaban J connectivity index is 2.16. The van der Waals surface area contributed by atoms with Crippen LogP contribution >= 0.6 is 11.3 Å². The zero-order chi connectivity index (χ0) is 17.5. The molecule has 1 aliphatic heterocycles. The maximum atomic E-state index is 13.0. The van der Waals surface area contributed by atoms with E-state index in [9.17, 15) is 4.79 Å². The summed E-state index contributed by atoms with van der Waals surface area (Å²) in [7, 11) is 0. The first kappa shape index (κ1) is 16.9. The van der Waals surface area contributed by atoms with Crippen LogP contribution in [0.3, 0.4) is 0 Å². The molecular formula is C20H24N2OS. The second kappa shape index (κ2) is 5.85. The average molecular weight is 340 g/mol. The summed E-state index contributed by atoms with van der Waals surface area (Å²) in [6, 6.07) is 0. The van der Waals surface area contributed by atoms with Crippen LogP contribution < -0.4 is 5.32 Å². The fourth-order valence-corrected chi connectivity index (χ4v) is 4.66. The van der Waals surface area contributed by atoms with Gasteiger partial charge in [-0.25, -0.2) is 4.98 Å². The predicted octanol–water partition coefficient (Wildman–Crippen LogP) is 5.16. The largest absolute Gasteiger partial charge is 0.342 e. The van der Waals surface area contributed by atoms with Crippen molar-refractivity contribution in [3.8, 4) is 0 Å². The molecule has 1 aromatic heterocycles. The molecule has 4 heteroatoms. The van der Waals surface area contributed by atoms with Crippen molar-refractivity contribution < 1.29 is 4.79 Å². The van der Waals surface area contributed by atoms with E-state index < -0.39 is 5.41 Å². The quantitative estimate of drug-likeness (QED) is 0.773. The van der Waals surface area contributed by atoms with Crippen LogP contribution in [0.4, 0.5) is 5.82 Å². The first-order valence-corrected chi connectivity index (χ1v) is 9.14. The molecule has 0 amide bonds. The van der Waals surface area contributed by atoms with Gasteiger partial charge in [-0.15, -0.1) is 11.3 Å². The normalized spacial score (nSPS) is 25.8. The summed E-state index contributed by atoms with van der Waals surface area (Å²) in [6.07, 6.45) is 9.37. The van der Waals surface area contributed by atoms with Crippen LogP contribution in [0, 0.1) is 5.41 Å². The van der Waals surface area contributed by atoms with Crippen molar-refractivity contribution in [2.75, 3.05) is 5.32 Å². The molecule has 2 heterocycles. The van der Waals surface area contributed by atoms with Crippen LogP contribution in [0.2, 0.25) is 0 Å². The summed E-state index contributed by atoms with van der Waals surface area (Å²) < 4.78 is 0. The topological polar surface area (TPSA) is 42.0 Å². The van der Waals surface area contributed by atoms with Crippen LogP contribution in [-0.4, -0.2) is 10.8 Å². The van der Waals surface area contributed by atoms with Gasteiger partial charge in [0, 0.05) is 17.7 Å². The monoisotopic (exact) mass is 340 g/mol. The molecule has 126 valence electrons. The SMILES string of the molecule is C=C(/C=C\C=C/C)[C@]1(C)C2=C(CC(C)(C)CC2=O)Nc2ncsc21. The molecule has 24 heavy (non-hydrogen) atoms. The molecular weight excluding hydrogens is 316 g/mol. The van der Waals surface area contributed by atoms with Gasteiger partial charge in [0.05, 0.1) is 15.8 Å². The van der Waals surface area contributed by atoms with E-state index in [1.54, 1.807) is 11.3 Å². The lowest BCUT2D eigenvalue weighted by Gasteiger charge is -2.43. The van der Waals surface area contributed by atoms with Crippen molar-refractivity contribution in [2.45, 2.75) is 46.0 Å². The highest BCUT2D eigenvalue weighted by Gasteiger charge is 2.48. The van der Waals surface area contributed by atoms with Crippen LogP contribution in [-0.2, 0) is 10.2 Å². The van der Waals surface area contributed by atoms with Gasteiger partial charge in [0.25, 0.3) is 0 Å². The minimum Gasteiger partial charge on any atom is -0.342 e. The maximum Gasteiger partial charge on any atom is 0.162 e. The number of allylic oxidation sites excluding steroid dienone is 7. The number of nitrogens with zero attached hydrogens (tertiary/aromatic N) is 1. The number of fused-ring (bicyclic) bond motifs is 1. The van der Waals surface area contributed by atoms with Gasteiger partial charge in [0.15, 0.2) is 5.78 Å². The number of thiazole rings is 1. The maximum absolute atomic E-state index is 13.0. The number of anilines is 1. The van der Waals surface area contributed by atoms with E-state index in [1.807, 2.05) is 36.7 Å². The number of hydrogen-bond acceptors (Lipinski definition) is 4. The van der Waals surface area contributed by atoms with Gasteiger partial charge in [0.2, 0.25) is 0 Å². The molecule has 0 saturated heterocycles. The van der Waals surface area contributed by atoms with Crippen LogP contribution in [0.15, 0.2) is 53.2 Å². The van der Waals surface area contributed by atoms with E-state index in [1.165, 1.54) is 0 Å². The van der Waals surface area contributed by atoms with Gasteiger partial charge in [-0.3, -0.25) is 4.79 Å². The number of rotatable bonds is 3. The lowest BCUT2D eigenvalue weighted by Crippen LogP contribution is -2.41. The third-order valence-corrected chi connectivity index (χ3v) is 5.96. The molecule has 0 spiro atoms. The Morgan fingerprint density at radius 1 is 1.33 bits per heavy atom.